The molecule has 189 valence electrons. The van der Waals surface area contributed by atoms with E-state index in [0.717, 1.165) is 25.7 Å². The van der Waals surface area contributed by atoms with Gasteiger partial charge in [-0.05, 0) is 19.8 Å². The average Bonchev–Trinajstić information content (AvgIpc) is 2.80. The number of ketones is 2. The zero-order valence-electron chi connectivity index (χ0n) is 22.3. The van der Waals surface area contributed by atoms with Gasteiger partial charge in [0.05, 0.1) is 0 Å². The molecule has 0 aromatic carbocycles. The van der Waals surface area contributed by atoms with E-state index in [0.29, 0.717) is 18.8 Å². The van der Waals surface area contributed by atoms with Crippen molar-refractivity contribution in [1.82, 2.24) is 0 Å². The highest BCUT2D eigenvalue weighted by atomic mass is 16.1. The lowest BCUT2D eigenvalue weighted by Crippen LogP contribution is -2.18. The molecule has 0 atom stereocenters. The molecule has 0 aliphatic heterocycles. The van der Waals surface area contributed by atoms with Crippen LogP contribution in [0.15, 0.2) is 0 Å². The Morgan fingerprint density at radius 1 is 0.375 bits per heavy atom. The van der Waals surface area contributed by atoms with Crippen LogP contribution in [0.2, 0.25) is 0 Å². The first-order valence-electron chi connectivity index (χ1n) is 14.5. The van der Waals surface area contributed by atoms with E-state index in [-0.39, 0.29) is 11.6 Å². The average molecular weight is 450 g/mol. The summed E-state index contributed by atoms with van der Waals surface area (Å²) >= 11 is 0. The molecule has 1 radical (unpaired) electrons. The summed E-state index contributed by atoms with van der Waals surface area (Å²) < 4.78 is 0. The third-order valence-electron chi connectivity index (χ3n) is 6.85. The molecule has 0 bridgehead atoms. The van der Waals surface area contributed by atoms with Gasteiger partial charge in [0.2, 0.25) is 0 Å². The van der Waals surface area contributed by atoms with Crippen molar-refractivity contribution in [2.75, 3.05) is 0 Å². The van der Waals surface area contributed by atoms with Crippen molar-refractivity contribution in [2.45, 2.75) is 175 Å². The first-order valence-corrected chi connectivity index (χ1v) is 14.5. The molecule has 32 heavy (non-hydrogen) atoms. The van der Waals surface area contributed by atoms with Gasteiger partial charge in [0.25, 0.3) is 0 Å². The van der Waals surface area contributed by atoms with Gasteiger partial charge in [0.15, 0.2) is 0 Å². The number of hydrogen-bond donors (Lipinski definition) is 0. The molecule has 2 heteroatoms. The smallest absolute Gasteiger partial charge is 0.147 e. The lowest BCUT2D eigenvalue weighted by Gasteiger charge is -2.09. The Bertz CT molecular complexity index is 377. The minimum atomic E-state index is 0.0917. The summed E-state index contributed by atoms with van der Waals surface area (Å²) in [6, 6.07) is 0. The van der Waals surface area contributed by atoms with Crippen LogP contribution >= 0.6 is 0 Å². The van der Waals surface area contributed by atoms with Crippen LogP contribution < -0.4 is 0 Å². The number of unbranched alkanes of at least 4 members (excludes halogenated alkanes) is 20. The van der Waals surface area contributed by atoms with Crippen molar-refractivity contribution >= 4 is 11.6 Å². The molecule has 0 fully saturated rings. The van der Waals surface area contributed by atoms with Crippen LogP contribution in [0.4, 0.5) is 0 Å². The zero-order valence-corrected chi connectivity index (χ0v) is 22.3. The highest BCUT2D eigenvalue weighted by Gasteiger charge is 2.20. The van der Waals surface area contributed by atoms with Crippen LogP contribution in [0.3, 0.4) is 0 Å². The molecule has 0 saturated heterocycles. The van der Waals surface area contributed by atoms with Crippen LogP contribution in [-0.2, 0) is 9.59 Å². The fourth-order valence-electron chi connectivity index (χ4n) is 4.43. The Morgan fingerprint density at radius 3 is 0.844 bits per heavy atom. The maximum atomic E-state index is 12.3. The van der Waals surface area contributed by atoms with Gasteiger partial charge >= 0.3 is 0 Å². The van der Waals surface area contributed by atoms with Crippen molar-refractivity contribution in [3.63, 3.8) is 0 Å². The number of hydrogen-bond acceptors (Lipinski definition) is 2. The van der Waals surface area contributed by atoms with Crippen LogP contribution in [0.25, 0.3) is 0 Å². The second kappa shape index (κ2) is 25.0. The molecule has 0 amide bonds. The Balaban J connectivity index is 3.48. The summed E-state index contributed by atoms with van der Waals surface area (Å²) in [6.07, 6.45) is 29.5. The second-order valence-electron chi connectivity index (χ2n) is 10.0. The van der Waals surface area contributed by atoms with Gasteiger partial charge in [-0.3, -0.25) is 9.59 Å². The highest BCUT2D eigenvalue weighted by molar-refractivity contribution is 6.15. The molecule has 0 heterocycles. The summed E-state index contributed by atoms with van der Waals surface area (Å²) in [5, 5.41) is 0. The fourth-order valence-corrected chi connectivity index (χ4v) is 4.43. The zero-order chi connectivity index (χ0) is 23.7. The van der Waals surface area contributed by atoms with Crippen LogP contribution in [0.5, 0.6) is 0 Å². The SMILES string of the molecule is CCCCCCCCCCCCCC(=O)[C](C)C(=O)CCCCCCCCCCCCC. The first kappa shape index (κ1) is 31.3. The summed E-state index contributed by atoms with van der Waals surface area (Å²) in [7, 11) is 0. The standard InChI is InChI=1S/C30H57O2/c1-4-6-8-10-12-14-16-18-20-22-24-26-29(31)28(3)30(32)27-25-23-21-19-17-15-13-11-9-7-5-2/h4-27H2,1-3H3. The maximum absolute atomic E-state index is 12.3. The van der Waals surface area contributed by atoms with Crippen LogP contribution in [-0.4, -0.2) is 11.6 Å². The van der Waals surface area contributed by atoms with Gasteiger partial charge in [-0.2, -0.15) is 0 Å². The number of carbonyl (C=O) groups is 2. The highest BCUT2D eigenvalue weighted by Crippen LogP contribution is 2.17. The summed E-state index contributed by atoms with van der Waals surface area (Å²) in [4.78, 5) is 24.6. The van der Waals surface area contributed by atoms with Crippen molar-refractivity contribution in [3.05, 3.63) is 5.92 Å². The maximum Gasteiger partial charge on any atom is 0.147 e. The normalized spacial score (nSPS) is 11.4. The van der Waals surface area contributed by atoms with Crippen molar-refractivity contribution in [2.24, 2.45) is 0 Å². The lowest BCUT2D eigenvalue weighted by molar-refractivity contribution is -0.124. The Morgan fingerprint density at radius 2 is 0.594 bits per heavy atom. The quantitative estimate of drug-likeness (QED) is 0.0972. The molecule has 0 aliphatic carbocycles. The molecular formula is C30H57O2. The molecule has 0 aromatic rings. The van der Waals surface area contributed by atoms with E-state index in [1.807, 2.05) is 0 Å². The summed E-state index contributed by atoms with van der Waals surface area (Å²) in [5.41, 5.74) is 0. The van der Waals surface area contributed by atoms with E-state index >= 15 is 0 Å². The van der Waals surface area contributed by atoms with Crippen molar-refractivity contribution in [3.8, 4) is 0 Å². The Hall–Kier alpha value is -0.660. The largest absolute Gasteiger partial charge is 0.299 e. The molecular weight excluding hydrogens is 392 g/mol. The van der Waals surface area contributed by atoms with E-state index in [1.54, 1.807) is 6.92 Å². The van der Waals surface area contributed by atoms with Crippen LogP contribution in [0, 0.1) is 5.92 Å². The number of Topliss-reactive ketones (excluding diaryl/α,β-unsaturated/α-hetero) is 2. The number of carbonyl (C=O) groups excluding carboxylic acids is 2. The van der Waals surface area contributed by atoms with E-state index in [4.69, 9.17) is 0 Å². The van der Waals surface area contributed by atoms with Gasteiger partial charge in [-0.1, -0.05) is 142 Å². The van der Waals surface area contributed by atoms with Gasteiger partial charge in [0, 0.05) is 12.8 Å². The monoisotopic (exact) mass is 449 g/mol. The van der Waals surface area contributed by atoms with Gasteiger partial charge in [-0.15, -0.1) is 0 Å². The van der Waals surface area contributed by atoms with Crippen LogP contribution in [0.1, 0.15) is 175 Å². The first-order chi connectivity index (χ1) is 15.6. The fraction of sp³-hybridized carbons (Fsp3) is 0.900. The van der Waals surface area contributed by atoms with E-state index in [1.165, 1.54) is 116 Å². The molecule has 0 unspecified atom stereocenters. The van der Waals surface area contributed by atoms with Gasteiger partial charge in [0.1, 0.15) is 17.5 Å². The number of rotatable bonds is 26. The molecule has 2 nitrogen and oxygen atoms in total. The molecule has 0 aliphatic rings. The summed E-state index contributed by atoms with van der Waals surface area (Å²) in [5.74, 6) is 0.687. The van der Waals surface area contributed by atoms with Gasteiger partial charge in [-0.25, -0.2) is 0 Å². The van der Waals surface area contributed by atoms with Crippen molar-refractivity contribution < 1.29 is 9.59 Å². The van der Waals surface area contributed by atoms with E-state index < -0.39 is 0 Å². The lowest BCUT2D eigenvalue weighted by atomic mass is 9.93. The minimum absolute atomic E-state index is 0.0917. The topological polar surface area (TPSA) is 34.1 Å². The molecule has 0 spiro atoms. The third kappa shape index (κ3) is 21.2. The van der Waals surface area contributed by atoms with E-state index in [2.05, 4.69) is 13.8 Å². The molecule has 0 aromatic heterocycles. The second-order valence-corrected chi connectivity index (χ2v) is 10.0. The van der Waals surface area contributed by atoms with Gasteiger partial charge < -0.3 is 0 Å². The Labute approximate surface area is 202 Å². The third-order valence-corrected chi connectivity index (χ3v) is 6.85. The van der Waals surface area contributed by atoms with E-state index in [9.17, 15) is 9.59 Å². The predicted octanol–water partition coefficient (Wildman–Crippen LogP) is 10.1. The minimum Gasteiger partial charge on any atom is -0.299 e. The van der Waals surface area contributed by atoms with Crippen molar-refractivity contribution in [1.29, 1.82) is 0 Å². The molecule has 0 saturated carbocycles. The Kier molecular flexibility index (Phi) is 24.5. The molecule has 0 N–H and O–H groups in total. The predicted molar refractivity (Wildman–Crippen MR) is 141 cm³/mol. The summed E-state index contributed by atoms with van der Waals surface area (Å²) in [6.45, 7) is 6.28. The molecule has 0 rings (SSSR count).